The van der Waals surface area contributed by atoms with Crippen LogP contribution >= 0.6 is 11.6 Å². The maximum absolute atomic E-state index is 12.9. The van der Waals surface area contributed by atoms with Gasteiger partial charge in [0.05, 0.1) is 22.3 Å². The van der Waals surface area contributed by atoms with E-state index in [-0.39, 0.29) is 11.0 Å². The SMILES string of the molecule is O=[N+]([O-])c1ccc(Oc2ncc(Cl)cn2)c(C(F)(F)F)c1. The van der Waals surface area contributed by atoms with Crippen molar-refractivity contribution in [3.05, 3.63) is 51.3 Å². The smallest absolute Gasteiger partial charge is 0.420 e. The number of halogens is 4. The van der Waals surface area contributed by atoms with Crippen molar-refractivity contribution in [3.8, 4) is 11.8 Å². The second kappa shape index (κ2) is 5.52. The third kappa shape index (κ3) is 3.57. The lowest BCUT2D eigenvalue weighted by Crippen LogP contribution is -2.08. The van der Waals surface area contributed by atoms with Gasteiger partial charge >= 0.3 is 12.2 Å². The Morgan fingerprint density at radius 1 is 1.24 bits per heavy atom. The lowest BCUT2D eigenvalue weighted by molar-refractivity contribution is -0.385. The molecule has 21 heavy (non-hydrogen) atoms. The van der Waals surface area contributed by atoms with Crippen LogP contribution in [0.3, 0.4) is 0 Å². The third-order valence-corrected chi connectivity index (χ3v) is 2.47. The molecular formula is C11H5ClF3N3O3. The Hall–Kier alpha value is -2.42. The van der Waals surface area contributed by atoms with Crippen molar-refractivity contribution in [2.24, 2.45) is 0 Å². The first-order valence-corrected chi connectivity index (χ1v) is 5.66. The molecule has 0 atom stereocenters. The summed E-state index contributed by atoms with van der Waals surface area (Å²) in [6.07, 6.45) is -2.54. The number of nitrogens with zero attached hydrogens (tertiary/aromatic N) is 3. The lowest BCUT2D eigenvalue weighted by atomic mass is 10.1. The Morgan fingerprint density at radius 2 is 1.86 bits per heavy atom. The molecule has 0 spiro atoms. The molecule has 0 fully saturated rings. The maximum Gasteiger partial charge on any atom is 0.420 e. The number of benzene rings is 1. The molecule has 10 heteroatoms. The fourth-order valence-electron chi connectivity index (χ4n) is 1.39. The Kier molecular flexibility index (Phi) is 3.94. The zero-order valence-corrected chi connectivity index (χ0v) is 10.7. The van der Waals surface area contributed by atoms with E-state index in [1.807, 2.05) is 0 Å². The monoisotopic (exact) mass is 319 g/mol. The first-order valence-electron chi connectivity index (χ1n) is 5.28. The van der Waals surface area contributed by atoms with Crippen LogP contribution < -0.4 is 4.74 Å². The predicted molar refractivity (Wildman–Crippen MR) is 65.2 cm³/mol. The van der Waals surface area contributed by atoms with Gasteiger partial charge in [0.25, 0.3) is 5.69 Å². The molecule has 110 valence electrons. The van der Waals surface area contributed by atoms with Crippen molar-refractivity contribution in [2.75, 3.05) is 0 Å². The molecule has 0 aliphatic heterocycles. The van der Waals surface area contributed by atoms with Crippen LogP contribution in [-0.2, 0) is 6.18 Å². The molecule has 0 unspecified atom stereocenters. The summed E-state index contributed by atoms with van der Waals surface area (Å²) in [5.74, 6) is -0.643. The summed E-state index contributed by atoms with van der Waals surface area (Å²) in [6.45, 7) is 0. The number of ether oxygens (including phenoxy) is 1. The molecule has 0 bridgehead atoms. The summed E-state index contributed by atoms with van der Waals surface area (Å²) in [6, 6.07) is 1.74. The number of non-ortho nitro benzene ring substituents is 1. The van der Waals surface area contributed by atoms with Gasteiger partial charge in [0.2, 0.25) is 0 Å². The molecule has 0 saturated heterocycles. The summed E-state index contributed by atoms with van der Waals surface area (Å²) in [7, 11) is 0. The molecule has 0 radical (unpaired) electrons. The van der Waals surface area contributed by atoms with Gasteiger partial charge in [-0.05, 0) is 6.07 Å². The molecule has 2 aromatic rings. The van der Waals surface area contributed by atoms with Crippen LogP contribution in [0.4, 0.5) is 18.9 Å². The van der Waals surface area contributed by atoms with Gasteiger partial charge in [0, 0.05) is 12.1 Å². The number of rotatable bonds is 3. The molecule has 0 amide bonds. The molecule has 0 saturated carbocycles. The first kappa shape index (κ1) is 15.0. The summed E-state index contributed by atoms with van der Waals surface area (Å²) in [5, 5.41) is 10.7. The van der Waals surface area contributed by atoms with Crippen LogP contribution in [0.15, 0.2) is 30.6 Å². The summed E-state index contributed by atoms with van der Waals surface area (Å²) in [5.41, 5.74) is -2.00. The van der Waals surface area contributed by atoms with Crippen molar-refractivity contribution >= 4 is 17.3 Å². The second-order valence-corrected chi connectivity index (χ2v) is 4.16. The van der Waals surface area contributed by atoms with E-state index < -0.39 is 28.1 Å². The standard InChI is InChI=1S/C11H5ClF3N3O3/c12-6-4-16-10(17-5-6)21-9-2-1-7(18(19)20)3-8(9)11(13,14)15/h1-5H. The van der Waals surface area contributed by atoms with E-state index >= 15 is 0 Å². The van der Waals surface area contributed by atoms with Gasteiger partial charge in [-0.15, -0.1) is 0 Å². The third-order valence-electron chi connectivity index (χ3n) is 2.28. The molecule has 6 nitrogen and oxygen atoms in total. The highest BCUT2D eigenvalue weighted by atomic mass is 35.5. The van der Waals surface area contributed by atoms with Crippen LogP contribution in [0, 0.1) is 10.1 Å². The Bertz CT molecular complexity index is 677. The minimum Gasteiger partial charge on any atom is -0.424 e. The molecule has 0 aliphatic carbocycles. The number of nitro benzene ring substituents is 1. The summed E-state index contributed by atoms with van der Waals surface area (Å²) in [4.78, 5) is 16.8. The first-order chi connectivity index (χ1) is 9.77. The van der Waals surface area contributed by atoms with E-state index in [2.05, 4.69) is 9.97 Å². The highest BCUT2D eigenvalue weighted by Crippen LogP contribution is 2.39. The van der Waals surface area contributed by atoms with Crippen molar-refractivity contribution in [1.82, 2.24) is 9.97 Å². The van der Waals surface area contributed by atoms with Gasteiger partial charge in [-0.1, -0.05) is 11.6 Å². The number of hydrogen-bond donors (Lipinski definition) is 0. The van der Waals surface area contributed by atoms with Crippen LogP contribution in [0.1, 0.15) is 5.56 Å². The number of nitro groups is 1. The van der Waals surface area contributed by atoms with Crippen LogP contribution in [0.5, 0.6) is 11.8 Å². The van der Waals surface area contributed by atoms with Crippen molar-refractivity contribution in [3.63, 3.8) is 0 Å². The van der Waals surface area contributed by atoms with Crippen molar-refractivity contribution < 1.29 is 22.8 Å². The highest BCUT2D eigenvalue weighted by molar-refractivity contribution is 6.30. The Morgan fingerprint density at radius 3 is 2.38 bits per heavy atom. The normalized spacial score (nSPS) is 11.2. The quantitative estimate of drug-likeness (QED) is 0.634. The van der Waals surface area contributed by atoms with Crippen LogP contribution in [0.25, 0.3) is 0 Å². The fraction of sp³-hybridized carbons (Fsp3) is 0.0909. The van der Waals surface area contributed by atoms with Gasteiger partial charge < -0.3 is 4.74 Å². The number of hydrogen-bond acceptors (Lipinski definition) is 5. The van der Waals surface area contributed by atoms with E-state index in [1.54, 1.807) is 0 Å². The summed E-state index contributed by atoms with van der Waals surface area (Å²) >= 11 is 5.54. The molecule has 0 aliphatic rings. The zero-order valence-electron chi connectivity index (χ0n) is 9.96. The molecule has 2 rings (SSSR count). The van der Waals surface area contributed by atoms with E-state index in [4.69, 9.17) is 16.3 Å². The van der Waals surface area contributed by atoms with Gasteiger partial charge in [-0.25, -0.2) is 9.97 Å². The Balaban J connectivity index is 2.43. The molecule has 0 N–H and O–H groups in total. The van der Waals surface area contributed by atoms with Gasteiger partial charge in [0.1, 0.15) is 11.3 Å². The summed E-state index contributed by atoms with van der Waals surface area (Å²) < 4.78 is 43.6. The predicted octanol–water partition coefficient (Wildman–Crippen LogP) is 3.85. The minimum atomic E-state index is -4.83. The van der Waals surface area contributed by atoms with E-state index in [0.717, 1.165) is 24.5 Å². The molecular weight excluding hydrogens is 315 g/mol. The molecule has 1 aromatic carbocycles. The van der Waals surface area contributed by atoms with Crippen molar-refractivity contribution in [2.45, 2.75) is 6.18 Å². The van der Waals surface area contributed by atoms with E-state index in [0.29, 0.717) is 6.07 Å². The lowest BCUT2D eigenvalue weighted by Gasteiger charge is -2.12. The maximum atomic E-state index is 12.9. The average molecular weight is 320 g/mol. The molecule has 1 heterocycles. The number of alkyl halides is 3. The minimum absolute atomic E-state index is 0.182. The van der Waals surface area contributed by atoms with Gasteiger partial charge in [-0.2, -0.15) is 13.2 Å². The fourth-order valence-corrected chi connectivity index (χ4v) is 1.49. The second-order valence-electron chi connectivity index (χ2n) is 3.72. The van der Waals surface area contributed by atoms with E-state index in [1.165, 1.54) is 0 Å². The largest absolute Gasteiger partial charge is 0.424 e. The van der Waals surface area contributed by atoms with E-state index in [9.17, 15) is 23.3 Å². The Labute approximate surface area is 120 Å². The van der Waals surface area contributed by atoms with Crippen molar-refractivity contribution in [1.29, 1.82) is 0 Å². The highest BCUT2D eigenvalue weighted by Gasteiger charge is 2.36. The number of aromatic nitrogens is 2. The topological polar surface area (TPSA) is 78.2 Å². The van der Waals surface area contributed by atoms with Gasteiger partial charge in [0.15, 0.2) is 0 Å². The van der Waals surface area contributed by atoms with Crippen LogP contribution in [0.2, 0.25) is 5.02 Å². The zero-order chi connectivity index (χ0) is 15.6. The van der Waals surface area contributed by atoms with Crippen LogP contribution in [-0.4, -0.2) is 14.9 Å². The average Bonchev–Trinajstić information content (AvgIpc) is 2.40. The van der Waals surface area contributed by atoms with Gasteiger partial charge in [-0.3, -0.25) is 10.1 Å². The molecule has 1 aromatic heterocycles.